The standard InChI is InChI=1S/C15H22N2OS/c18-9-13-14(11-5-6-11)16-15(19-13)17-8-7-10-3-1-2-4-12(10)17/h10-12,18H,1-9H2. The Bertz CT molecular complexity index is 469. The molecule has 1 N–H and O–H groups in total. The van der Waals surface area contributed by atoms with Crippen LogP contribution < -0.4 is 4.90 Å². The number of aromatic nitrogens is 1. The van der Waals surface area contributed by atoms with Crippen molar-refractivity contribution in [2.75, 3.05) is 11.4 Å². The maximum absolute atomic E-state index is 9.54. The topological polar surface area (TPSA) is 36.4 Å². The van der Waals surface area contributed by atoms with Gasteiger partial charge in [-0.2, -0.15) is 0 Å². The number of aliphatic hydroxyl groups excluding tert-OH is 1. The third kappa shape index (κ3) is 2.09. The average molecular weight is 278 g/mol. The van der Waals surface area contributed by atoms with E-state index in [0.29, 0.717) is 5.92 Å². The smallest absolute Gasteiger partial charge is 0.186 e. The van der Waals surface area contributed by atoms with E-state index < -0.39 is 0 Å². The SMILES string of the molecule is OCc1sc(N2CCC3CCCCC32)nc1C1CC1. The molecule has 2 aliphatic carbocycles. The maximum Gasteiger partial charge on any atom is 0.186 e. The minimum Gasteiger partial charge on any atom is -0.391 e. The molecule has 2 unspecified atom stereocenters. The highest BCUT2D eigenvalue weighted by Crippen LogP contribution is 2.46. The van der Waals surface area contributed by atoms with Gasteiger partial charge in [0.05, 0.1) is 17.2 Å². The summed E-state index contributed by atoms with van der Waals surface area (Å²) in [5.74, 6) is 1.55. The van der Waals surface area contributed by atoms with Crippen LogP contribution in [0.1, 0.15) is 61.4 Å². The fraction of sp³-hybridized carbons (Fsp3) is 0.800. The Morgan fingerprint density at radius 2 is 2.00 bits per heavy atom. The molecule has 3 nitrogen and oxygen atoms in total. The van der Waals surface area contributed by atoms with E-state index in [9.17, 15) is 5.11 Å². The van der Waals surface area contributed by atoms with Gasteiger partial charge in [-0.05, 0) is 38.0 Å². The summed E-state index contributed by atoms with van der Waals surface area (Å²) >= 11 is 1.75. The highest BCUT2D eigenvalue weighted by molar-refractivity contribution is 7.15. The molecular formula is C15H22N2OS. The number of nitrogens with zero attached hydrogens (tertiary/aromatic N) is 2. The Kier molecular flexibility index (Phi) is 3.03. The van der Waals surface area contributed by atoms with E-state index >= 15 is 0 Å². The quantitative estimate of drug-likeness (QED) is 0.921. The molecule has 2 atom stereocenters. The van der Waals surface area contributed by atoms with Gasteiger partial charge >= 0.3 is 0 Å². The van der Waals surface area contributed by atoms with Gasteiger partial charge in [-0.15, -0.1) is 0 Å². The Labute approximate surface area is 118 Å². The lowest BCUT2D eigenvalue weighted by Gasteiger charge is -2.31. The van der Waals surface area contributed by atoms with E-state index in [1.54, 1.807) is 11.3 Å². The fourth-order valence-electron chi connectivity index (χ4n) is 3.91. The van der Waals surface area contributed by atoms with E-state index in [-0.39, 0.29) is 6.61 Å². The van der Waals surface area contributed by atoms with E-state index in [2.05, 4.69) is 4.90 Å². The monoisotopic (exact) mass is 278 g/mol. The molecular weight excluding hydrogens is 256 g/mol. The fourth-order valence-corrected chi connectivity index (χ4v) is 5.00. The summed E-state index contributed by atoms with van der Waals surface area (Å²) in [7, 11) is 0. The van der Waals surface area contributed by atoms with Gasteiger partial charge < -0.3 is 10.0 Å². The molecule has 19 heavy (non-hydrogen) atoms. The molecule has 2 saturated carbocycles. The average Bonchev–Trinajstić information content (AvgIpc) is 3.06. The normalized spacial score (nSPS) is 30.7. The summed E-state index contributed by atoms with van der Waals surface area (Å²) in [4.78, 5) is 8.58. The molecule has 0 amide bonds. The lowest BCUT2D eigenvalue weighted by atomic mass is 9.85. The lowest BCUT2D eigenvalue weighted by molar-refractivity contribution is 0.284. The molecule has 0 spiro atoms. The highest BCUT2D eigenvalue weighted by atomic mass is 32.1. The van der Waals surface area contributed by atoms with Crippen LogP contribution in [0.5, 0.6) is 0 Å². The molecule has 0 bridgehead atoms. The largest absolute Gasteiger partial charge is 0.391 e. The number of rotatable bonds is 3. The summed E-state index contributed by atoms with van der Waals surface area (Å²) in [5.41, 5.74) is 1.21. The Hall–Kier alpha value is -0.610. The molecule has 1 aliphatic heterocycles. The molecule has 4 rings (SSSR count). The van der Waals surface area contributed by atoms with Crippen LogP contribution in [0.3, 0.4) is 0 Å². The van der Waals surface area contributed by atoms with E-state index in [1.807, 2.05) is 0 Å². The zero-order chi connectivity index (χ0) is 12.8. The molecule has 1 aromatic heterocycles. The zero-order valence-electron chi connectivity index (χ0n) is 11.3. The number of hydrogen-bond donors (Lipinski definition) is 1. The second-order valence-electron chi connectivity index (χ2n) is 6.33. The zero-order valence-corrected chi connectivity index (χ0v) is 12.2. The summed E-state index contributed by atoms with van der Waals surface area (Å²) in [6.07, 6.45) is 9.43. The maximum atomic E-state index is 9.54. The molecule has 0 radical (unpaired) electrons. The number of aliphatic hydroxyl groups is 1. The van der Waals surface area contributed by atoms with Gasteiger partial charge in [0.2, 0.25) is 0 Å². The first-order chi connectivity index (χ1) is 9.36. The lowest BCUT2D eigenvalue weighted by Crippen LogP contribution is -2.34. The van der Waals surface area contributed by atoms with Crippen LogP contribution in [0.25, 0.3) is 0 Å². The number of anilines is 1. The Balaban J connectivity index is 1.61. The molecule has 104 valence electrons. The van der Waals surface area contributed by atoms with Gasteiger partial charge in [-0.25, -0.2) is 4.98 Å². The van der Waals surface area contributed by atoms with Crippen molar-refractivity contribution in [2.24, 2.45) is 5.92 Å². The number of hydrogen-bond acceptors (Lipinski definition) is 4. The molecule has 1 aromatic rings. The van der Waals surface area contributed by atoms with Crippen molar-refractivity contribution >= 4 is 16.5 Å². The molecule has 2 heterocycles. The van der Waals surface area contributed by atoms with Crippen molar-refractivity contribution in [1.82, 2.24) is 4.98 Å². The van der Waals surface area contributed by atoms with E-state index in [0.717, 1.165) is 16.8 Å². The van der Waals surface area contributed by atoms with Gasteiger partial charge in [0.25, 0.3) is 0 Å². The van der Waals surface area contributed by atoms with Gasteiger partial charge in [0.1, 0.15) is 0 Å². The van der Waals surface area contributed by atoms with Crippen LogP contribution in [0, 0.1) is 5.92 Å². The van der Waals surface area contributed by atoms with Crippen LogP contribution in [0.2, 0.25) is 0 Å². The predicted octanol–water partition coefficient (Wildman–Crippen LogP) is 3.28. The van der Waals surface area contributed by atoms with Gasteiger partial charge in [0, 0.05) is 18.5 Å². The molecule has 0 aromatic carbocycles. The summed E-state index contributed by atoms with van der Waals surface area (Å²) < 4.78 is 0. The van der Waals surface area contributed by atoms with E-state index in [4.69, 9.17) is 4.98 Å². The Morgan fingerprint density at radius 3 is 2.79 bits per heavy atom. The van der Waals surface area contributed by atoms with E-state index in [1.165, 1.54) is 62.3 Å². The first kappa shape index (κ1) is 12.2. The first-order valence-corrected chi connectivity index (χ1v) is 8.55. The third-order valence-corrected chi connectivity index (χ3v) is 6.17. The third-order valence-electron chi connectivity index (χ3n) is 5.08. The second-order valence-corrected chi connectivity index (χ2v) is 7.39. The first-order valence-electron chi connectivity index (χ1n) is 7.74. The van der Waals surface area contributed by atoms with Crippen molar-refractivity contribution in [3.63, 3.8) is 0 Å². The van der Waals surface area contributed by atoms with Crippen molar-refractivity contribution in [3.8, 4) is 0 Å². The summed E-state index contributed by atoms with van der Waals surface area (Å²) in [5, 5.41) is 10.7. The molecule has 4 heteroatoms. The van der Waals surface area contributed by atoms with Crippen LogP contribution in [-0.2, 0) is 6.61 Å². The summed E-state index contributed by atoms with van der Waals surface area (Å²) in [6, 6.07) is 0.735. The van der Waals surface area contributed by atoms with Crippen LogP contribution in [-0.4, -0.2) is 22.7 Å². The van der Waals surface area contributed by atoms with Crippen molar-refractivity contribution in [2.45, 2.75) is 63.5 Å². The molecule has 1 saturated heterocycles. The van der Waals surface area contributed by atoms with Gasteiger partial charge in [0.15, 0.2) is 5.13 Å². The van der Waals surface area contributed by atoms with Crippen LogP contribution >= 0.6 is 11.3 Å². The number of thiazole rings is 1. The minimum absolute atomic E-state index is 0.172. The van der Waals surface area contributed by atoms with Crippen LogP contribution in [0.15, 0.2) is 0 Å². The van der Waals surface area contributed by atoms with Crippen molar-refractivity contribution in [3.05, 3.63) is 10.6 Å². The molecule has 3 aliphatic rings. The van der Waals surface area contributed by atoms with Gasteiger partial charge in [-0.1, -0.05) is 24.2 Å². The van der Waals surface area contributed by atoms with Crippen LogP contribution in [0.4, 0.5) is 5.13 Å². The highest BCUT2D eigenvalue weighted by Gasteiger charge is 2.38. The van der Waals surface area contributed by atoms with Crippen molar-refractivity contribution < 1.29 is 5.11 Å². The Morgan fingerprint density at radius 1 is 1.16 bits per heavy atom. The predicted molar refractivity (Wildman–Crippen MR) is 77.7 cm³/mol. The molecule has 3 fully saturated rings. The van der Waals surface area contributed by atoms with Gasteiger partial charge in [-0.3, -0.25) is 0 Å². The number of fused-ring (bicyclic) bond motifs is 1. The van der Waals surface area contributed by atoms with Crippen molar-refractivity contribution in [1.29, 1.82) is 0 Å². The minimum atomic E-state index is 0.172. The summed E-state index contributed by atoms with van der Waals surface area (Å²) in [6.45, 7) is 1.35. The second kappa shape index (κ2) is 4.74.